The van der Waals surface area contributed by atoms with Gasteiger partial charge in [-0.2, -0.15) is 0 Å². The Morgan fingerprint density at radius 1 is 1.33 bits per heavy atom. The zero-order chi connectivity index (χ0) is 14.7. The van der Waals surface area contributed by atoms with E-state index in [0.29, 0.717) is 5.92 Å². The van der Waals surface area contributed by atoms with Crippen LogP contribution in [0.25, 0.3) is 5.65 Å². The molecule has 3 rings (SSSR count). The van der Waals surface area contributed by atoms with Gasteiger partial charge in [0.05, 0.1) is 0 Å². The van der Waals surface area contributed by atoms with Gasteiger partial charge in [0.1, 0.15) is 5.82 Å². The Kier molecular flexibility index (Phi) is 4.34. The first kappa shape index (κ1) is 14.3. The molecular formula is C17H24N4. The summed E-state index contributed by atoms with van der Waals surface area (Å²) in [6.45, 7) is 6.66. The Labute approximate surface area is 126 Å². The standard InChI is InChI=1S/C17H24N4/c1-13-6-5-7-14(2)15(13)12-18-10-9-17-20-19-16-8-3-4-11-21(16)17/h3-4,6,8,11,14-15,18H,5,7,9-10,12H2,1-2H3. The Balaban J connectivity index is 1.52. The quantitative estimate of drug-likeness (QED) is 0.678. The van der Waals surface area contributed by atoms with Gasteiger partial charge in [-0.3, -0.25) is 4.40 Å². The molecule has 0 fully saturated rings. The van der Waals surface area contributed by atoms with Gasteiger partial charge in [0.15, 0.2) is 5.65 Å². The Morgan fingerprint density at radius 2 is 2.24 bits per heavy atom. The van der Waals surface area contributed by atoms with Gasteiger partial charge in [0.25, 0.3) is 0 Å². The topological polar surface area (TPSA) is 42.2 Å². The maximum Gasteiger partial charge on any atom is 0.160 e. The number of rotatable bonds is 5. The van der Waals surface area contributed by atoms with Crippen LogP contribution in [0.15, 0.2) is 36.0 Å². The normalized spacial score (nSPS) is 22.5. The lowest BCUT2D eigenvalue weighted by molar-refractivity contribution is 0.351. The lowest BCUT2D eigenvalue weighted by Crippen LogP contribution is -2.31. The van der Waals surface area contributed by atoms with E-state index in [1.54, 1.807) is 5.57 Å². The van der Waals surface area contributed by atoms with E-state index >= 15 is 0 Å². The van der Waals surface area contributed by atoms with Gasteiger partial charge in [-0.15, -0.1) is 10.2 Å². The highest BCUT2D eigenvalue weighted by molar-refractivity contribution is 5.36. The fraction of sp³-hybridized carbons (Fsp3) is 0.529. The fourth-order valence-corrected chi connectivity index (χ4v) is 3.26. The summed E-state index contributed by atoms with van der Waals surface area (Å²) in [5, 5.41) is 12.1. The lowest BCUT2D eigenvalue weighted by Gasteiger charge is -2.29. The molecule has 1 N–H and O–H groups in total. The van der Waals surface area contributed by atoms with Gasteiger partial charge in [-0.25, -0.2) is 0 Å². The minimum absolute atomic E-state index is 0.689. The first-order chi connectivity index (χ1) is 10.3. The van der Waals surface area contributed by atoms with Crippen molar-refractivity contribution in [3.63, 3.8) is 0 Å². The Bertz CT molecular complexity index is 629. The minimum atomic E-state index is 0.689. The van der Waals surface area contributed by atoms with E-state index < -0.39 is 0 Å². The fourth-order valence-electron chi connectivity index (χ4n) is 3.26. The number of hydrogen-bond acceptors (Lipinski definition) is 3. The molecule has 2 atom stereocenters. The van der Waals surface area contributed by atoms with Crippen LogP contribution in [0, 0.1) is 11.8 Å². The van der Waals surface area contributed by atoms with Crippen molar-refractivity contribution in [1.29, 1.82) is 0 Å². The number of nitrogens with one attached hydrogen (secondary N) is 1. The van der Waals surface area contributed by atoms with Crippen LogP contribution in [-0.4, -0.2) is 27.7 Å². The maximum absolute atomic E-state index is 4.27. The molecule has 2 aromatic heterocycles. The molecule has 0 radical (unpaired) electrons. The van der Waals surface area contributed by atoms with E-state index in [2.05, 4.69) is 39.8 Å². The Morgan fingerprint density at radius 3 is 3.10 bits per heavy atom. The Hall–Kier alpha value is -1.68. The van der Waals surface area contributed by atoms with E-state index in [9.17, 15) is 0 Å². The molecule has 0 aliphatic heterocycles. The summed E-state index contributed by atoms with van der Waals surface area (Å²) in [5.41, 5.74) is 2.47. The molecule has 0 bridgehead atoms. The van der Waals surface area contributed by atoms with Crippen LogP contribution in [0.2, 0.25) is 0 Å². The molecule has 0 saturated carbocycles. The SMILES string of the molecule is CC1=CCCC(C)C1CNCCc1nnc2ccccn12. The number of hydrogen-bond donors (Lipinski definition) is 1. The van der Waals surface area contributed by atoms with Crippen molar-refractivity contribution < 1.29 is 0 Å². The van der Waals surface area contributed by atoms with Crippen LogP contribution >= 0.6 is 0 Å². The highest BCUT2D eigenvalue weighted by atomic mass is 15.2. The van der Waals surface area contributed by atoms with Gasteiger partial charge in [0.2, 0.25) is 0 Å². The average molecular weight is 284 g/mol. The number of pyridine rings is 1. The number of nitrogens with zero attached hydrogens (tertiary/aromatic N) is 3. The van der Waals surface area contributed by atoms with Gasteiger partial charge in [-0.05, 0) is 43.7 Å². The summed E-state index contributed by atoms with van der Waals surface area (Å²) in [4.78, 5) is 0. The largest absolute Gasteiger partial charge is 0.316 e. The van der Waals surface area contributed by atoms with E-state index in [0.717, 1.165) is 36.9 Å². The van der Waals surface area contributed by atoms with Crippen LogP contribution in [-0.2, 0) is 6.42 Å². The average Bonchev–Trinajstić information content (AvgIpc) is 2.89. The van der Waals surface area contributed by atoms with Crippen LogP contribution < -0.4 is 5.32 Å². The van der Waals surface area contributed by atoms with Crippen LogP contribution in [0.5, 0.6) is 0 Å². The molecule has 0 saturated heterocycles. The number of allylic oxidation sites excluding steroid dienone is 1. The number of fused-ring (bicyclic) bond motifs is 1. The third-order valence-corrected chi connectivity index (χ3v) is 4.63. The van der Waals surface area contributed by atoms with E-state index in [-0.39, 0.29) is 0 Å². The van der Waals surface area contributed by atoms with Gasteiger partial charge < -0.3 is 5.32 Å². The zero-order valence-corrected chi connectivity index (χ0v) is 12.9. The van der Waals surface area contributed by atoms with Crippen molar-refractivity contribution >= 4 is 5.65 Å². The van der Waals surface area contributed by atoms with E-state index in [1.165, 1.54) is 12.8 Å². The van der Waals surface area contributed by atoms with E-state index in [1.807, 2.05) is 24.4 Å². The van der Waals surface area contributed by atoms with Crippen LogP contribution in [0.3, 0.4) is 0 Å². The minimum Gasteiger partial charge on any atom is -0.316 e. The van der Waals surface area contributed by atoms with Crippen molar-refractivity contribution in [2.75, 3.05) is 13.1 Å². The molecule has 1 aliphatic rings. The van der Waals surface area contributed by atoms with Gasteiger partial charge >= 0.3 is 0 Å². The molecule has 0 spiro atoms. The monoisotopic (exact) mass is 284 g/mol. The molecule has 2 heterocycles. The second-order valence-electron chi connectivity index (χ2n) is 6.11. The second-order valence-corrected chi connectivity index (χ2v) is 6.11. The highest BCUT2D eigenvalue weighted by Gasteiger charge is 2.21. The van der Waals surface area contributed by atoms with Crippen molar-refractivity contribution in [2.24, 2.45) is 11.8 Å². The molecule has 0 aromatic carbocycles. The van der Waals surface area contributed by atoms with Gasteiger partial charge in [0, 0.05) is 25.7 Å². The van der Waals surface area contributed by atoms with Crippen LogP contribution in [0.4, 0.5) is 0 Å². The molecule has 21 heavy (non-hydrogen) atoms. The lowest BCUT2D eigenvalue weighted by atomic mass is 9.80. The maximum atomic E-state index is 4.27. The third-order valence-electron chi connectivity index (χ3n) is 4.63. The predicted molar refractivity (Wildman–Crippen MR) is 85.2 cm³/mol. The zero-order valence-electron chi connectivity index (χ0n) is 12.9. The number of aromatic nitrogens is 3. The summed E-state index contributed by atoms with van der Waals surface area (Å²) in [5.74, 6) is 2.51. The predicted octanol–water partition coefficient (Wildman–Crippen LogP) is 2.85. The third kappa shape index (κ3) is 3.16. The molecule has 0 amide bonds. The van der Waals surface area contributed by atoms with Crippen LogP contribution in [0.1, 0.15) is 32.5 Å². The molecule has 1 aliphatic carbocycles. The summed E-state index contributed by atoms with van der Waals surface area (Å²) in [6, 6.07) is 6.00. The molecule has 2 aromatic rings. The van der Waals surface area contributed by atoms with Crippen molar-refractivity contribution in [3.05, 3.63) is 41.9 Å². The van der Waals surface area contributed by atoms with Crippen molar-refractivity contribution in [2.45, 2.75) is 33.1 Å². The molecule has 2 unspecified atom stereocenters. The second kappa shape index (κ2) is 6.39. The molecule has 4 nitrogen and oxygen atoms in total. The molecule has 4 heteroatoms. The highest BCUT2D eigenvalue weighted by Crippen LogP contribution is 2.29. The molecular weight excluding hydrogens is 260 g/mol. The summed E-state index contributed by atoms with van der Waals surface area (Å²) in [7, 11) is 0. The van der Waals surface area contributed by atoms with Crippen molar-refractivity contribution in [1.82, 2.24) is 19.9 Å². The summed E-state index contributed by atoms with van der Waals surface area (Å²) >= 11 is 0. The first-order valence-corrected chi connectivity index (χ1v) is 7.91. The summed E-state index contributed by atoms with van der Waals surface area (Å²) < 4.78 is 2.07. The smallest absolute Gasteiger partial charge is 0.160 e. The van der Waals surface area contributed by atoms with Gasteiger partial charge in [-0.1, -0.05) is 24.6 Å². The molecule has 112 valence electrons. The summed E-state index contributed by atoms with van der Waals surface area (Å²) in [6.07, 6.45) is 7.90. The van der Waals surface area contributed by atoms with Crippen molar-refractivity contribution in [3.8, 4) is 0 Å². The first-order valence-electron chi connectivity index (χ1n) is 7.91. The van der Waals surface area contributed by atoms with E-state index in [4.69, 9.17) is 0 Å².